The fourth-order valence-corrected chi connectivity index (χ4v) is 4.26. The number of oxazole rings is 1. The number of allylic oxidation sites excluding steroid dienone is 5. The first-order valence-corrected chi connectivity index (χ1v) is 12.4. The number of carbonyl (C=O) groups is 1. The van der Waals surface area contributed by atoms with Crippen LogP contribution in [0, 0.1) is 13.8 Å². The summed E-state index contributed by atoms with van der Waals surface area (Å²) < 4.78 is 21.6. The van der Waals surface area contributed by atoms with Gasteiger partial charge in [0.05, 0.1) is 16.8 Å². The van der Waals surface area contributed by atoms with Gasteiger partial charge >= 0.3 is 0 Å². The van der Waals surface area contributed by atoms with Crippen molar-refractivity contribution in [3.63, 3.8) is 0 Å². The number of hydrogen-bond acceptors (Lipinski definition) is 5. The van der Waals surface area contributed by atoms with E-state index >= 15 is 0 Å². The van der Waals surface area contributed by atoms with Crippen molar-refractivity contribution in [2.24, 2.45) is 0 Å². The third kappa shape index (κ3) is 6.18. The Bertz CT molecular complexity index is 1310. The van der Waals surface area contributed by atoms with Crippen molar-refractivity contribution in [3.8, 4) is 0 Å². The summed E-state index contributed by atoms with van der Waals surface area (Å²) in [4.78, 5) is 22.0. The van der Waals surface area contributed by atoms with Gasteiger partial charge in [-0.05, 0) is 55.8 Å². The molecule has 8 heteroatoms. The van der Waals surface area contributed by atoms with Gasteiger partial charge in [-0.25, -0.2) is 14.2 Å². The molecule has 1 unspecified atom stereocenters. The number of anilines is 1. The van der Waals surface area contributed by atoms with E-state index in [1.165, 1.54) is 0 Å². The molecule has 1 atom stereocenters. The Morgan fingerprint density at radius 1 is 1.15 bits per heavy atom. The Morgan fingerprint density at radius 3 is 2.65 bits per heavy atom. The van der Waals surface area contributed by atoms with E-state index in [-0.39, 0.29) is 5.78 Å². The quantitative estimate of drug-likeness (QED) is 0.389. The fraction of sp³-hybridized carbons (Fsp3) is 0.192. The zero-order chi connectivity index (χ0) is 24.7. The van der Waals surface area contributed by atoms with Crippen molar-refractivity contribution in [1.29, 1.82) is 0 Å². The summed E-state index contributed by atoms with van der Waals surface area (Å²) in [6, 6.07) is 10.1. The highest BCUT2D eigenvalue weighted by atomic mass is 35.5. The number of nitrogens with zero attached hydrogens (tertiary/aromatic N) is 2. The van der Waals surface area contributed by atoms with Crippen molar-refractivity contribution < 1.29 is 13.4 Å². The molecule has 0 bridgehead atoms. The van der Waals surface area contributed by atoms with E-state index < -0.39 is 11.0 Å². The van der Waals surface area contributed by atoms with Gasteiger partial charge in [0.2, 0.25) is 5.78 Å². The average Bonchev–Trinajstić information content (AvgIpc) is 3.12. The van der Waals surface area contributed by atoms with Gasteiger partial charge < -0.3 is 9.14 Å². The summed E-state index contributed by atoms with van der Waals surface area (Å²) in [6.45, 7) is 7.60. The number of nitrogens with one attached hydrogen (secondary N) is 1. The van der Waals surface area contributed by atoms with Crippen molar-refractivity contribution in [3.05, 3.63) is 105 Å². The minimum Gasteiger partial charge on any atom is -0.441 e. The van der Waals surface area contributed by atoms with Gasteiger partial charge in [0.25, 0.3) is 0 Å². The lowest BCUT2D eigenvalue weighted by Crippen LogP contribution is -2.12. The van der Waals surface area contributed by atoms with Crippen LogP contribution in [0.2, 0.25) is 5.02 Å². The molecule has 0 amide bonds. The predicted molar refractivity (Wildman–Crippen MR) is 138 cm³/mol. The number of rotatable bonds is 6. The molecule has 3 aromatic rings. The van der Waals surface area contributed by atoms with E-state index in [1.54, 1.807) is 55.6 Å². The van der Waals surface area contributed by atoms with Gasteiger partial charge in [-0.2, -0.15) is 0 Å². The van der Waals surface area contributed by atoms with E-state index in [9.17, 15) is 9.00 Å². The van der Waals surface area contributed by atoms with Crippen molar-refractivity contribution >= 4 is 39.6 Å². The number of pyridine rings is 1. The first-order valence-electron chi connectivity index (χ1n) is 10.9. The van der Waals surface area contributed by atoms with Crippen molar-refractivity contribution in [2.75, 3.05) is 4.72 Å². The lowest BCUT2D eigenvalue weighted by Gasteiger charge is -2.12. The minimum atomic E-state index is -1.61. The van der Waals surface area contributed by atoms with Gasteiger partial charge in [0.1, 0.15) is 16.7 Å². The number of carbonyl (C=O) groups excluding carboxylic acids is 1. The molecular weight excluding hydrogens is 470 g/mol. The summed E-state index contributed by atoms with van der Waals surface area (Å²) >= 11 is 6.14. The highest BCUT2D eigenvalue weighted by Gasteiger charge is 2.18. The van der Waals surface area contributed by atoms with Gasteiger partial charge in [-0.15, -0.1) is 0 Å². The van der Waals surface area contributed by atoms with Crippen LogP contribution < -0.4 is 4.72 Å². The summed E-state index contributed by atoms with van der Waals surface area (Å²) in [5, 5.41) is 0.404. The van der Waals surface area contributed by atoms with Crippen LogP contribution in [0.15, 0.2) is 76.2 Å². The Morgan fingerprint density at radius 2 is 1.94 bits per heavy atom. The largest absolute Gasteiger partial charge is 0.441 e. The van der Waals surface area contributed by atoms with Crippen molar-refractivity contribution in [2.45, 2.75) is 34.1 Å². The molecule has 4 rings (SSSR count). The zero-order valence-electron chi connectivity index (χ0n) is 19.5. The van der Waals surface area contributed by atoms with E-state index in [2.05, 4.69) is 14.7 Å². The maximum atomic E-state index is 13.1. The summed E-state index contributed by atoms with van der Waals surface area (Å²) in [6.07, 6.45) is 9.62. The van der Waals surface area contributed by atoms with Gasteiger partial charge in [0.15, 0.2) is 11.7 Å². The van der Waals surface area contributed by atoms with Crippen LogP contribution in [-0.2, 0) is 11.0 Å². The molecule has 0 aliphatic heterocycles. The van der Waals surface area contributed by atoms with Gasteiger partial charge in [-0.1, -0.05) is 43.7 Å². The van der Waals surface area contributed by atoms with E-state index in [4.69, 9.17) is 16.0 Å². The molecule has 1 N–H and O–H groups in total. The molecule has 1 aliphatic rings. The molecule has 0 saturated carbocycles. The van der Waals surface area contributed by atoms with E-state index in [0.717, 1.165) is 11.3 Å². The molecule has 0 fully saturated rings. The molecule has 1 aromatic carbocycles. The maximum Gasteiger partial charge on any atom is 0.213 e. The predicted octanol–water partition coefficient (Wildman–Crippen LogP) is 6.60. The zero-order valence-corrected chi connectivity index (χ0v) is 21.0. The summed E-state index contributed by atoms with van der Waals surface area (Å²) in [5.74, 6) is 0.968. The topological polar surface area (TPSA) is 85.1 Å². The Balaban J connectivity index is 0.00000158. The van der Waals surface area contributed by atoms with Crippen LogP contribution in [-0.4, -0.2) is 20.0 Å². The van der Waals surface area contributed by atoms with Crippen LogP contribution in [0.3, 0.4) is 0 Å². The van der Waals surface area contributed by atoms with Gasteiger partial charge in [0, 0.05) is 28.8 Å². The number of aromatic nitrogens is 2. The monoisotopic (exact) mass is 495 g/mol. The van der Waals surface area contributed by atoms with Gasteiger partial charge in [-0.3, -0.25) is 4.79 Å². The number of ketones is 1. The van der Waals surface area contributed by atoms with Crippen LogP contribution >= 0.6 is 11.6 Å². The maximum absolute atomic E-state index is 13.1. The normalized spacial score (nSPS) is 13.7. The highest BCUT2D eigenvalue weighted by molar-refractivity contribution is 7.90. The third-order valence-electron chi connectivity index (χ3n) is 4.77. The number of halogens is 1. The second-order valence-corrected chi connectivity index (χ2v) is 8.81. The first kappa shape index (κ1) is 25.3. The molecule has 6 nitrogen and oxygen atoms in total. The Kier molecular flexibility index (Phi) is 8.73. The fourth-order valence-electron chi connectivity index (χ4n) is 3.18. The second-order valence-electron chi connectivity index (χ2n) is 7.16. The number of hydrogen-bond donors (Lipinski definition) is 1. The van der Waals surface area contributed by atoms with Crippen molar-refractivity contribution in [1.82, 2.24) is 9.97 Å². The Labute approximate surface area is 207 Å². The molecule has 0 radical (unpaired) electrons. The van der Waals surface area contributed by atoms with Crippen LogP contribution in [0.4, 0.5) is 5.69 Å². The van der Waals surface area contributed by atoms with Crippen LogP contribution in [0.1, 0.15) is 53.7 Å². The molecule has 34 heavy (non-hydrogen) atoms. The van der Waals surface area contributed by atoms with Crippen LogP contribution in [0.5, 0.6) is 0 Å². The molecule has 0 saturated heterocycles. The molecule has 2 aromatic heterocycles. The molecule has 176 valence electrons. The minimum absolute atomic E-state index is 0.296. The molecule has 1 aliphatic carbocycles. The highest BCUT2D eigenvalue weighted by Crippen LogP contribution is 2.27. The third-order valence-corrected chi connectivity index (χ3v) is 6.11. The standard InChI is InChI=1S/C24H20ClN3O3S.C2H6/c1-15-5-3-8-22(27-15)24(29)20-13-18(25)10-12-21(20)28-32(30)19-7-4-6-17(9-11-19)23-14-26-16(2)31-23;1-2/h3-5,7-14,28H,6H2,1-2H3;1-2H3. The second kappa shape index (κ2) is 11.7. The lowest BCUT2D eigenvalue weighted by molar-refractivity contribution is 0.103. The first-order chi connectivity index (χ1) is 16.4. The van der Waals surface area contributed by atoms with E-state index in [0.29, 0.717) is 44.9 Å². The summed E-state index contributed by atoms with van der Waals surface area (Å²) in [5.41, 5.74) is 2.67. The summed E-state index contributed by atoms with van der Waals surface area (Å²) in [7, 11) is -1.61. The smallest absolute Gasteiger partial charge is 0.213 e. The van der Waals surface area contributed by atoms with E-state index in [1.807, 2.05) is 39.0 Å². The SMILES string of the molecule is CC.Cc1cccc(C(=O)c2cc(Cl)ccc2NS(=O)C2=CC=C(c3cnc(C)o3)CC=C2)n1. The molecule has 0 spiro atoms. The number of aryl methyl sites for hydroxylation is 2. The molecule has 2 heterocycles. The number of benzene rings is 1. The lowest BCUT2D eigenvalue weighted by atomic mass is 10.1. The average molecular weight is 496 g/mol. The Hall–Kier alpha value is -3.29. The molecular formula is C26H26ClN3O3S. The van der Waals surface area contributed by atoms with Crippen LogP contribution in [0.25, 0.3) is 5.57 Å².